The molecule has 0 rings (SSSR count). The minimum absolute atomic E-state index is 0.149. The van der Waals surface area contributed by atoms with E-state index in [1.807, 2.05) is 0 Å². The number of unbranched alkanes of at least 4 members (excludes halogenated alkanes) is 19. The first-order valence-corrected chi connectivity index (χ1v) is 26.0. The lowest BCUT2D eigenvalue weighted by atomic mass is 10.0. The highest BCUT2D eigenvalue weighted by molar-refractivity contribution is 7.47. The summed E-state index contributed by atoms with van der Waals surface area (Å²) in [5, 5.41) is 8.91. The van der Waals surface area contributed by atoms with E-state index in [9.17, 15) is 23.8 Å². The average molecular weight is 906 g/mol. The predicted octanol–water partition coefficient (Wildman–Crippen LogP) is 13.7. The van der Waals surface area contributed by atoms with Crippen molar-refractivity contribution in [2.24, 2.45) is 5.73 Å². The topological polar surface area (TPSA) is 172 Å². The van der Waals surface area contributed by atoms with Gasteiger partial charge in [0.1, 0.15) is 12.6 Å². The van der Waals surface area contributed by atoms with Crippen molar-refractivity contribution in [3.8, 4) is 0 Å². The number of phosphoric acid groups is 1. The number of carbonyl (C=O) groups excluding carboxylic acids is 2. The first-order valence-electron chi connectivity index (χ1n) is 24.5. The fraction of sp³-hybridized carbons (Fsp3) is 0.706. The van der Waals surface area contributed by atoms with Gasteiger partial charge in [-0.2, -0.15) is 0 Å². The van der Waals surface area contributed by atoms with Crippen LogP contribution in [0.3, 0.4) is 0 Å². The molecule has 362 valence electrons. The van der Waals surface area contributed by atoms with Crippen molar-refractivity contribution >= 4 is 25.7 Å². The van der Waals surface area contributed by atoms with Crippen molar-refractivity contribution in [3.63, 3.8) is 0 Å². The van der Waals surface area contributed by atoms with Gasteiger partial charge in [-0.05, 0) is 83.5 Å². The van der Waals surface area contributed by atoms with Crippen molar-refractivity contribution in [1.29, 1.82) is 0 Å². The Morgan fingerprint density at radius 3 is 1.33 bits per heavy atom. The molecule has 0 spiro atoms. The molecule has 0 aliphatic carbocycles. The summed E-state index contributed by atoms with van der Waals surface area (Å²) in [6, 6.07) is -1.53. The van der Waals surface area contributed by atoms with E-state index in [0.717, 1.165) is 96.3 Å². The van der Waals surface area contributed by atoms with Crippen molar-refractivity contribution in [2.45, 2.75) is 212 Å². The third kappa shape index (κ3) is 45.3. The predicted molar refractivity (Wildman–Crippen MR) is 258 cm³/mol. The zero-order valence-corrected chi connectivity index (χ0v) is 40.3. The number of hydrogen-bond donors (Lipinski definition) is 3. The van der Waals surface area contributed by atoms with Crippen LogP contribution in [0.5, 0.6) is 0 Å². The van der Waals surface area contributed by atoms with Crippen LogP contribution in [0.25, 0.3) is 0 Å². The summed E-state index contributed by atoms with van der Waals surface area (Å²) in [7, 11) is -4.73. The second kappa shape index (κ2) is 45.5. The Kier molecular flexibility index (Phi) is 43.3. The fourth-order valence-corrected chi connectivity index (χ4v) is 7.16. The highest BCUT2D eigenvalue weighted by atomic mass is 31.2. The summed E-state index contributed by atoms with van der Waals surface area (Å²) in [4.78, 5) is 46.1. The van der Waals surface area contributed by atoms with Crippen molar-refractivity contribution in [2.75, 3.05) is 19.8 Å². The Morgan fingerprint density at radius 1 is 0.508 bits per heavy atom. The molecule has 0 amide bonds. The van der Waals surface area contributed by atoms with Gasteiger partial charge in [0.25, 0.3) is 0 Å². The Bertz CT molecular complexity index is 1340. The van der Waals surface area contributed by atoms with Gasteiger partial charge in [0, 0.05) is 12.8 Å². The lowest BCUT2D eigenvalue weighted by Crippen LogP contribution is -2.34. The van der Waals surface area contributed by atoms with E-state index in [1.165, 1.54) is 64.2 Å². The molecule has 4 N–H and O–H groups in total. The summed E-state index contributed by atoms with van der Waals surface area (Å²) >= 11 is 0. The molecule has 0 saturated heterocycles. The SMILES string of the molecule is CC/C=C\C/C=C\C/C=C\C/C=C\CCCCCCCCCCCCC(=O)OC(COC(=O)CCCCCCC/C=C\C/C=C\CCCCCC)COP(=O)(O)OCC(N)C(=O)O. The third-order valence-electron chi connectivity index (χ3n) is 10.2. The lowest BCUT2D eigenvalue weighted by Gasteiger charge is -2.20. The second-order valence-corrected chi connectivity index (χ2v) is 17.7. The number of hydrogen-bond acceptors (Lipinski definition) is 9. The molecule has 0 aromatic carbocycles. The van der Waals surface area contributed by atoms with Crippen LogP contribution in [0, 0.1) is 0 Å². The van der Waals surface area contributed by atoms with Crippen LogP contribution in [0.15, 0.2) is 72.9 Å². The lowest BCUT2D eigenvalue weighted by molar-refractivity contribution is -0.161. The monoisotopic (exact) mass is 906 g/mol. The van der Waals surface area contributed by atoms with Gasteiger partial charge in [0.05, 0.1) is 13.2 Å². The number of carboxylic acid groups (broad SMARTS) is 1. The number of rotatable bonds is 45. The summed E-state index contributed by atoms with van der Waals surface area (Å²) < 4.78 is 32.8. The highest BCUT2D eigenvalue weighted by Crippen LogP contribution is 2.43. The Morgan fingerprint density at radius 2 is 0.889 bits per heavy atom. The maximum atomic E-state index is 12.7. The molecular formula is C51H88NO10P. The number of allylic oxidation sites excluding steroid dienone is 12. The Labute approximate surface area is 382 Å². The van der Waals surface area contributed by atoms with Crippen LogP contribution >= 0.6 is 7.82 Å². The minimum atomic E-state index is -4.73. The molecular weight excluding hydrogens is 818 g/mol. The Balaban J connectivity index is 4.30. The zero-order valence-electron chi connectivity index (χ0n) is 39.4. The summed E-state index contributed by atoms with van der Waals surface area (Å²) in [5.74, 6) is -2.40. The number of esters is 2. The van der Waals surface area contributed by atoms with Crippen molar-refractivity contribution in [1.82, 2.24) is 0 Å². The van der Waals surface area contributed by atoms with Crippen LogP contribution < -0.4 is 5.73 Å². The molecule has 0 saturated carbocycles. The van der Waals surface area contributed by atoms with Crippen LogP contribution in [0.4, 0.5) is 0 Å². The maximum absolute atomic E-state index is 12.7. The quantitative estimate of drug-likeness (QED) is 0.0230. The molecule has 3 unspecified atom stereocenters. The van der Waals surface area contributed by atoms with E-state index < -0.39 is 51.1 Å². The number of carboxylic acids is 1. The maximum Gasteiger partial charge on any atom is 0.472 e. The van der Waals surface area contributed by atoms with Crippen molar-refractivity contribution in [3.05, 3.63) is 72.9 Å². The molecule has 12 heteroatoms. The normalized spacial score (nSPS) is 14.2. The van der Waals surface area contributed by atoms with Gasteiger partial charge >= 0.3 is 25.7 Å². The molecule has 0 fully saturated rings. The van der Waals surface area contributed by atoms with Crippen molar-refractivity contribution < 1.29 is 47.5 Å². The molecule has 0 aromatic rings. The Hall–Kier alpha value is -3.08. The van der Waals surface area contributed by atoms with Crippen LogP contribution in [-0.4, -0.2) is 59.9 Å². The highest BCUT2D eigenvalue weighted by Gasteiger charge is 2.28. The van der Waals surface area contributed by atoms with Crippen LogP contribution in [0.1, 0.15) is 200 Å². The molecule has 63 heavy (non-hydrogen) atoms. The van der Waals surface area contributed by atoms with Gasteiger partial charge in [-0.25, -0.2) is 4.57 Å². The van der Waals surface area contributed by atoms with Gasteiger partial charge in [-0.1, -0.05) is 177 Å². The number of ether oxygens (including phenoxy) is 2. The zero-order chi connectivity index (χ0) is 46.3. The molecule has 0 heterocycles. The smallest absolute Gasteiger partial charge is 0.472 e. The number of aliphatic carboxylic acids is 1. The molecule has 3 atom stereocenters. The van der Waals surface area contributed by atoms with E-state index in [0.29, 0.717) is 12.8 Å². The fourth-order valence-electron chi connectivity index (χ4n) is 6.38. The van der Waals surface area contributed by atoms with E-state index >= 15 is 0 Å². The second-order valence-electron chi connectivity index (χ2n) is 16.2. The summed E-state index contributed by atoms with van der Waals surface area (Å²) in [5.41, 5.74) is 5.35. The number of phosphoric ester groups is 1. The van der Waals surface area contributed by atoms with E-state index in [2.05, 4.69) is 91.3 Å². The van der Waals surface area contributed by atoms with Crippen LogP contribution in [-0.2, 0) is 37.5 Å². The average Bonchev–Trinajstić information content (AvgIpc) is 3.26. The minimum Gasteiger partial charge on any atom is -0.480 e. The molecule has 0 aliphatic rings. The van der Waals surface area contributed by atoms with E-state index in [-0.39, 0.29) is 19.4 Å². The van der Waals surface area contributed by atoms with E-state index in [4.69, 9.17) is 24.8 Å². The largest absolute Gasteiger partial charge is 0.480 e. The number of carbonyl (C=O) groups is 3. The van der Waals surface area contributed by atoms with Gasteiger partial charge in [0.2, 0.25) is 0 Å². The van der Waals surface area contributed by atoms with Gasteiger partial charge in [-0.15, -0.1) is 0 Å². The first kappa shape index (κ1) is 59.9. The standard InChI is InChI=1S/C51H88NO10P/c1-3-5-7-9-11-13-15-17-19-21-22-23-24-25-26-27-29-31-33-35-37-39-41-43-50(54)62-47(45-60-63(57,58)61-46-48(52)51(55)56)44-59-49(53)42-40-38-36-34-32-30-28-20-18-16-14-12-10-8-6-4-2/h5,7,11,13-14,16-17,19-20,22-23,28,47-48H,3-4,6,8-10,12,15,18,21,24-27,29-46,52H2,1-2H3,(H,55,56)(H,57,58)/b7-5-,13-11-,16-14-,19-17-,23-22-,28-20-. The molecule has 0 aromatic heterocycles. The number of nitrogens with two attached hydrogens (primary N) is 1. The van der Waals surface area contributed by atoms with Gasteiger partial charge < -0.3 is 25.2 Å². The third-order valence-corrected chi connectivity index (χ3v) is 11.1. The summed E-state index contributed by atoms with van der Waals surface area (Å²) in [6.45, 7) is 2.66. The molecule has 0 radical (unpaired) electrons. The summed E-state index contributed by atoms with van der Waals surface area (Å²) in [6.07, 6.45) is 55.3. The van der Waals surface area contributed by atoms with Crippen LogP contribution in [0.2, 0.25) is 0 Å². The first-order chi connectivity index (χ1) is 30.6. The molecule has 11 nitrogen and oxygen atoms in total. The molecule has 0 aliphatic heterocycles. The molecule has 0 bridgehead atoms. The van der Waals surface area contributed by atoms with Gasteiger partial charge in [-0.3, -0.25) is 23.4 Å². The van der Waals surface area contributed by atoms with Gasteiger partial charge in [0.15, 0.2) is 6.10 Å². The van der Waals surface area contributed by atoms with E-state index in [1.54, 1.807) is 0 Å².